The molecular formula is C18H24N6. The molecule has 0 fully saturated rings. The van der Waals surface area contributed by atoms with Crippen LogP contribution in [0.5, 0.6) is 0 Å². The van der Waals surface area contributed by atoms with Crippen molar-refractivity contribution in [2.24, 2.45) is 0 Å². The number of nitrogens with zero attached hydrogens (tertiary/aromatic N) is 3. The Morgan fingerprint density at radius 1 is 1.08 bits per heavy atom. The molecule has 6 heteroatoms. The summed E-state index contributed by atoms with van der Waals surface area (Å²) in [5.74, 6) is 1.34. The van der Waals surface area contributed by atoms with E-state index in [1.165, 1.54) is 29.3 Å². The average molecular weight is 324 g/mol. The van der Waals surface area contributed by atoms with E-state index in [0.717, 1.165) is 31.7 Å². The van der Waals surface area contributed by atoms with Crippen LogP contribution >= 0.6 is 0 Å². The molecule has 2 aromatic heterocycles. The van der Waals surface area contributed by atoms with Crippen molar-refractivity contribution in [1.29, 1.82) is 0 Å². The maximum Gasteiger partial charge on any atom is 0.244 e. The lowest BCUT2D eigenvalue weighted by atomic mass is 10.1. The minimum absolute atomic E-state index is 0.586. The number of unbranched alkanes of at least 4 members (excludes halogenated alkanes) is 2. The summed E-state index contributed by atoms with van der Waals surface area (Å²) in [5, 5.41) is 15.8. The number of para-hydroxylation sites is 1. The van der Waals surface area contributed by atoms with Gasteiger partial charge >= 0.3 is 0 Å². The second-order valence-corrected chi connectivity index (χ2v) is 5.84. The highest BCUT2D eigenvalue weighted by molar-refractivity contribution is 5.83. The monoisotopic (exact) mass is 324 g/mol. The predicted molar refractivity (Wildman–Crippen MR) is 98.3 cm³/mol. The number of rotatable bonds is 9. The zero-order valence-corrected chi connectivity index (χ0v) is 14.0. The number of benzene rings is 1. The first-order chi connectivity index (χ1) is 11.9. The van der Waals surface area contributed by atoms with Crippen LogP contribution in [0.4, 0.5) is 11.8 Å². The molecule has 0 radical (unpaired) electrons. The normalized spacial score (nSPS) is 10.9. The van der Waals surface area contributed by atoms with Crippen LogP contribution in [0.3, 0.4) is 0 Å². The number of aromatic nitrogens is 4. The lowest BCUT2D eigenvalue weighted by Gasteiger charge is -2.07. The van der Waals surface area contributed by atoms with Crippen LogP contribution in [0.15, 0.2) is 36.7 Å². The van der Waals surface area contributed by atoms with E-state index in [1.54, 1.807) is 6.20 Å². The van der Waals surface area contributed by atoms with Gasteiger partial charge < -0.3 is 15.6 Å². The van der Waals surface area contributed by atoms with E-state index in [-0.39, 0.29) is 0 Å². The first-order valence-electron chi connectivity index (χ1n) is 8.59. The number of aromatic amines is 1. The molecule has 0 unspecified atom stereocenters. The number of anilines is 2. The van der Waals surface area contributed by atoms with Crippen LogP contribution in [-0.4, -0.2) is 33.3 Å². The summed E-state index contributed by atoms with van der Waals surface area (Å²) in [6, 6.07) is 8.35. The summed E-state index contributed by atoms with van der Waals surface area (Å²) in [7, 11) is 0. The summed E-state index contributed by atoms with van der Waals surface area (Å²) in [6.07, 6.45) is 8.20. The average Bonchev–Trinajstić information content (AvgIpc) is 3.03. The number of fused-ring (bicyclic) bond motifs is 1. The lowest BCUT2D eigenvalue weighted by Crippen LogP contribution is -2.10. The molecule has 6 nitrogen and oxygen atoms in total. The van der Waals surface area contributed by atoms with Crippen LogP contribution in [0.1, 0.15) is 31.7 Å². The molecule has 3 aromatic rings. The van der Waals surface area contributed by atoms with Crippen LogP contribution in [0, 0.1) is 0 Å². The van der Waals surface area contributed by atoms with Crippen molar-refractivity contribution < 1.29 is 0 Å². The molecule has 0 aliphatic heterocycles. The van der Waals surface area contributed by atoms with Gasteiger partial charge in [-0.1, -0.05) is 38.0 Å². The molecule has 0 atom stereocenters. The van der Waals surface area contributed by atoms with E-state index in [1.807, 2.05) is 6.07 Å². The van der Waals surface area contributed by atoms with Crippen LogP contribution < -0.4 is 10.6 Å². The van der Waals surface area contributed by atoms with Gasteiger partial charge in [0.15, 0.2) is 5.82 Å². The van der Waals surface area contributed by atoms with E-state index in [9.17, 15) is 0 Å². The Hall–Kier alpha value is -2.63. The molecule has 0 bridgehead atoms. The smallest absolute Gasteiger partial charge is 0.244 e. The van der Waals surface area contributed by atoms with Crippen molar-refractivity contribution in [2.75, 3.05) is 23.7 Å². The van der Waals surface area contributed by atoms with Crippen molar-refractivity contribution in [3.05, 3.63) is 42.2 Å². The van der Waals surface area contributed by atoms with Crippen LogP contribution in [-0.2, 0) is 6.42 Å². The van der Waals surface area contributed by atoms with Gasteiger partial charge in [-0.2, -0.15) is 10.1 Å². The van der Waals surface area contributed by atoms with Gasteiger partial charge in [0.2, 0.25) is 5.95 Å². The zero-order chi connectivity index (χ0) is 16.6. The third-order valence-corrected chi connectivity index (χ3v) is 4.00. The van der Waals surface area contributed by atoms with Crippen molar-refractivity contribution in [2.45, 2.75) is 32.6 Å². The molecule has 3 rings (SSSR count). The SMILES string of the molecule is CCCCCNc1nncc(NCCc2c[nH]c3ccccc23)n1. The highest BCUT2D eigenvalue weighted by Gasteiger charge is 2.04. The second kappa shape index (κ2) is 8.29. The third kappa shape index (κ3) is 4.22. The lowest BCUT2D eigenvalue weighted by molar-refractivity contribution is 0.738. The van der Waals surface area contributed by atoms with Crippen molar-refractivity contribution >= 4 is 22.7 Å². The van der Waals surface area contributed by atoms with Gasteiger partial charge in [-0.15, -0.1) is 5.10 Å². The minimum atomic E-state index is 0.586. The Bertz CT molecular complexity index is 767. The molecule has 3 N–H and O–H groups in total. The topological polar surface area (TPSA) is 78.5 Å². The van der Waals surface area contributed by atoms with Gasteiger partial charge in [-0.05, 0) is 24.5 Å². The number of hydrogen-bond donors (Lipinski definition) is 3. The van der Waals surface area contributed by atoms with Gasteiger partial charge in [0.25, 0.3) is 0 Å². The first-order valence-corrected chi connectivity index (χ1v) is 8.59. The van der Waals surface area contributed by atoms with Gasteiger partial charge in [0.05, 0.1) is 6.20 Å². The Morgan fingerprint density at radius 2 is 2.00 bits per heavy atom. The van der Waals surface area contributed by atoms with E-state index in [4.69, 9.17) is 0 Å². The Balaban J connectivity index is 1.51. The Labute approximate surface area is 142 Å². The number of nitrogens with one attached hydrogen (secondary N) is 3. The third-order valence-electron chi connectivity index (χ3n) is 4.00. The molecule has 126 valence electrons. The van der Waals surface area contributed by atoms with E-state index < -0.39 is 0 Å². The van der Waals surface area contributed by atoms with Gasteiger partial charge in [-0.25, -0.2) is 0 Å². The summed E-state index contributed by atoms with van der Waals surface area (Å²) in [4.78, 5) is 7.75. The van der Waals surface area contributed by atoms with Crippen molar-refractivity contribution in [3.63, 3.8) is 0 Å². The van der Waals surface area contributed by atoms with E-state index in [2.05, 4.69) is 62.1 Å². The largest absolute Gasteiger partial charge is 0.368 e. The standard InChI is InChI=1S/C18H24N6/c1-2-3-6-10-20-18-23-17(13-22-24-18)19-11-9-14-12-21-16-8-5-4-7-15(14)16/h4-5,7-8,12-13,21H,2-3,6,9-11H2,1H3,(H2,19,20,23,24). The Morgan fingerprint density at radius 3 is 2.92 bits per heavy atom. The molecule has 2 heterocycles. The van der Waals surface area contributed by atoms with Gasteiger partial charge in [0.1, 0.15) is 0 Å². The molecule has 24 heavy (non-hydrogen) atoms. The highest BCUT2D eigenvalue weighted by atomic mass is 15.3. The zero-order valence-electron chi connectivity index (χ0n) is 14.0. The molecule has 0 aliphatic carbocycles. The second-order valence-electron chi connectivity index (χ2n) is 5.84. The maximum atomic E-state index is 4.45. The molecule has 0 saturated heterocycles. The molecule has 1 aromatic carbocycles. The fourth-order valence-electron chi connectivity index (χ4n) is 2.70. The van der Waals surface area contributed by atoms with Crippen molar-refractivity contribution in [3.8, 4) is 0 Å². The van der Waals surface area contributed by atoms with E-state index in [0.29, 0.717) is 5.95 Å². The molecule has 0 amide bonds. The van der Waals surface area contributed by atoms with Crippen molar-refractivity contribution in [1.82, 2.24) is 20.2 Å². The molecule has 0 spiro atoms. The maximum absolute atomic E-state index is 4.45. The van der Waals surface area contributed by atoms with Gasteiger partial charge in [0, 0.05) is 30.2 Å². The minimum Gasteiger partial charge on any atom is -0.368 e. The summed E-state index contributed by atoms with van der Waals surface area (Å²) in [6.45, 7) is 3.88. The first kappa shape index (κ1) is 16.2. The number of hydrogen-bond acceptors (Lipinski definition) is 5. The number of H-pyrrole nitrogens is 1. The van der Waals surface area contributed by atoms with Crippen LogP contribution in [0.2, 0.25) is 0 Å². The highest BCUT2D eigenvalue weighted by Crippen LogP contribution is 2.18. The van der Waals surface area contributed by atoms with E-state index >= 15 is 0 Å². The molecule has 0 aliphatic rings. The fourth-order valence-corrected chi connectivity index (χ4v) is 2.70. The van der Waals surface area contributed by atoms with Gasteiger partial charge in [-0.3, -0.25) is 0 Å². The summed E-state index contributed by atoms with van der Waals surface area (Å²) < 4.78 is 0. The Kier molecular flexibility index (Phi) is 5.61. The molecular weight excluding hydrogens is 300 g/mol. The summed E-state index contributed by atoms with van der Waals surface area (Å²) in [5.41, 5.74) is 2.48. The van der Waals surface area contributed by atoms with Crippen LogP contribution in [0.25, 0.3) is 10.9 Å². The summed E-state index contributed by atoms with van der Waals surface area (Å²) >= 11 is 0. The molecule has 0 saturated carbocycles. The predicted octanol–water partition coefficient (Wildman–Crippen LogP) is 3.61. The fraction of sp³-hybridized carbons (Fsp3) is 0.389. The quantitative estimate of drug-likeness (QED) is 0.524.